The molecule has 0 spiro atoms. The van der Waals surface area contributed by atoms with Crippen LogP contribution in [-0.4, -0.2) is 104 Å². The maximum atomic E-state index is 12.7. The normalized spacial score (nSPS) is 16.0. The summed E-state index contributed by atoms with van der Waals surface area (Å²) in [5.41, 5.74) is 0. The van der Waals surface area contributed by atoms with Crippen LogP contribution in [0.15, 0.2) is 60.8 Å². The van der Waals surface area contributed by atoms with Crippen molar-refractivity contribution in [3.05, 3.63) is 60.8 Å². The van der Waals surface area contributed by atoms with Gasteiger partial charge in [0, 0.05) is 12.8 Å². The molecule has 0 aliphatic rings. The van der Waals surface area contributed by atoms with Crippen molar-refractivity contribution in [1.29, 1.82) is 0 Å². The highest BCUT2D eigenvalue weighted by Gasteiger charge is 2.28. The van der Waals surface area contributed by atoms with Crippen LogP contribution in [-0.2, 0) is 41.8 Å². The minimum Gasteiger partial charge on any atom is -0.462 e. The molecule has 16 nitrogen and oxygen atoms in total. The van der Waals surface area contributed by atoms with Gasteiger partial charge in [-0.15, -0.1) is 0 Å². The number of ether oxygens (including phenoxy) is 2. The van der Waals surface area contributed by atoms with Gasteiger partial charge in [0.25, 0.3) is 0 Å². The summed E-state index contributed by atoms with van der Waals surface area (Å²) < 4.78 is 47.6. The molecule has 0 aromatic carbocycles. The number of hydrogen-bond donors (Lipinski definition) is 7. The average molecular weight is 953 g/mol. The zero-order valence-electron chi connectivity index (χ0n) is 38.5. The number of aliphatic hydroxyl groups is 4. The lowest BCUT2D eigenvalue weighted by Crippen LogP contribution is -2.30. The number of carbonyl (C=O) groups excluding carboxylic acids is 2. The van der Waals surface area contributed by atoms with Gasteiger partial charge in [-0.05, 0) is 51.4 Å². The van der Waals surface area contributed by atoms with E-state index in [1.807, 2.05) is 0 Å². The molecule has 0 aromatic heterocycles. The van der Waals surface area contributed by atoms with Crippen LogP contribution in [0.4, 0.5) is 0 Å². The predicted octanol–water partition coefficient (Wildman–Crippen LogP) is 8.92. The van der Waals surface area contributed by atoms with Crippen molar-refractivity contribution in [2.45, 2.75) is 192 Å². The van der Waals surface area contributed by atoms with Gasteiger partial charge < -0.3 is 44.6 Å². The van der Waals surface area contributed by atoms with Crippen molar-refractivity contribution in [1.82, 2.24) is 0 Å². The van der Waals surface area contributed by atoms with Crippen molar-refractivity contribution >= 4 is 27.6 Å². The van der Waals surface area contributed by atoms with Crippen molar-refractivity contribution < 1.29 is 76.9 Å². The lowest BCUT2D eigenvalue weighted by molar-refractivity contribution is -0.161. The Morgan fingerprint density at radius 2 is 1.03 bits per heavy atom. The number of phosphoric acid groups is 2. The Labute approximate surface area is 382 Å². The number of aliphatic hydroxyl groups excluding tert-OH is 4. The highest BCUT2D eigenvalue weighted by molar-refractivity contribution is 7.47. The van der Waals surface area contributed by atoms with Gasteiger partial charge in [0.15, 0.2) is 6.10 Å². The fourth-order valence-corrected chi connectivity index (χ4v) is 7.18. The molecule has 372 valence electrons. The number of unbranched alkanes of at least 4 members (excludes halogenated alkanes) is 15. The van der Waals surface area contributed by atoms with Gasteiger partial charge in [-0.25, -0.2) is 9.13 Å². The summed E-state index contributed by atoms with van der Waals surface area (Å²) in [4.78, 5) is 52.8. The summed E-state index contributed by atoms with van der Waals surface area (Å²) >= 11 is 0. The Morgan fingerprint density at radius 1 is 0.531 bits per heavy atom. The third-order valence-corrected chi connectivity index (χ3v) is 11.2. The Bertz CT molecular complexity index is 1410. The van der Waals surface area contributed by atoms with E-state index in [1.54, 1.807) is 42.5 Å². The number of carbonyl (C=O) groups is 2. The molecule has 64 heavy (non-hydrogen) atoms. The summed E-state index contributed by atoms with van der Waals surface area (Å²) in [6, 6.07) is 0. The Hall–Kier alpha value is -2.30. The molecule has 7 N–H and O–H groups in total. The Morgan fingerprint density at radius 3 is 1.64 bits per heavy atom. The zero-order valence-corrected chi connectivity index (χ0v) is 40.2. The van der Waals surface area contributed by atoms with E-state index >= 15 is 0 Å². The first kappa shape index (κ1) is 61.7. The molecule has 1 unspecified atom stereocenters. The maximum absolute atomic E-state index is 12.7. The Kier molecular flexibility index (Phi) is 39.5. The van der Waals surface area contributed by atoms with Gasteiger partial charge in [0.2, 0.25) is 0 Å². The first-order valence-corrected chi connectivity index (χ1v) is 26.3. The second-order valence-electron chi connectivity index (χ2n) is 15.9. The van der Waals surface area contributed by atoms with Crippen molar-refractivity contribution in [2.24, 2.45) is 0 Å². The summed E-state index contributed by atoms with van der Waals surface area (Å²) in [5.74, 6) is -1.37. The summed E-state index contributed by atoms with van der Waals surface area (Å²) in [5, 5.41) is 40.3. The molecule has 0 aliphatic heterocycles. The minimum atomic E-state index is -4.91. The molecule has 0 aromatic rings. The molecule has 0 amide bonds. The van der Waals surface area contributed by atoms with Crippen LogP contribution in [0, 0.1) is 0 Å². The minimum absolute atomic E-state index is 0.0240. The molecule has 0 bridgehead atoms. The largest absolute Gasteiger partial charge is 0.472 e. The molecule has 0 saturated carbocycles. The number of hydrogen-bond acceptors (Lipinski definition) is 13. The fraction of sp³-hybridized carbons (Fsp3) is 0.739. The molecular formula is C46H82O16P2. The van der Waals surface area contributed by atoms with Gasteiger partial charge in [-0.2, -0.15) is 0 Å². The maximum Gasteiger partial charge on any atom is 0.472 e. The van der Waals surface area contributed by atoms with Crippen LogP contribution >= 0.6 is 15.6 Å². The van der Waals surface area contributed by atoms with E-state index in [-0.39, 0.29) is 25.7 Å². The van der Waals surface area contributed by atoms with Crippen molar-refractivity contribution in [3.8, 4) is 0 Å². The van der Waals surface area contributed by atoms with Crippen molar-refractivity contribution in [3.63, 3.8) is 0 Å². The summed E-state index contributed by atoms with van der Waals surface area (Å²) in [6.07, 6.45) is 32.8. The summed E-state index contributed by atoms with van der Waals surface area (Å²) in [6.45, 7) is 1.26. The van der Waals surface area contributed by atoms with E-state index in [2.05, 4.69) is 35.0 Å². The monoisotopic (exact) mass is 953 g/mol. The second kappa shape index (κ2) is 40.9. The van der Waals surface area contributed by atoms with E-state index in [1.165, 1.54) is 44.6 Å². The van der Waals surface area contributed by atoms with E-state index < -0.39 is 84.5 Å². The third-order valence-electron chi connectivity index (χ3n) is 9.74. The SMILES string of the molecule is CCCCCCCC/C=C\CCCCCCCCCC(=O)OC[C@H](COP(=O)(O)OC[C@@H](O)COP(=O)(O)O)OC(=O)CCC[C@H](O)[C@@H](O)/C=C/C=C/C=C\C=C\[C@@H](O)CCCCC. The van der Waals surface area contributed by atoms with Gasteiger partial charge in [0.05, 0.1) is 38.1 Å². The molecular weight excluding hydrogens is 870 g/mol. The van der Waals surface area contributed by atoms with Crippen LogP contribution in [0.1, 0.15) is 162 Å². The van der Waals surface area contributed by atoms with E-state index in [0.717, 1.165) is 70.6 Å². The molecule has 0 radical (unpaired) electrons. The van der Waals surface area contributed by atoms with Crippen LogP contribution in [0.5, 0.6) is 0 Å². The standard InChI is InChI=1S/C46H82O16P2/c1-3-5-7-8-9-10-11-12-13-14-15-16-17-18-19-24-28-34-45(51)58-38-42(39-61-64(56,57)60-37-41(48)36-59-63(53,54)55)62-46(52)35-29-33-44(50)43(49)32-27-23-21-20-22-26-31-40(47)30-25-6-4-2/h12-13,20-23,26-27,31-32,40-44,47-50H,3-11,14-19,24-25,28-30,33-39H2,1-2H3,(H,56,57)(H2,53,54,55)/b13-12-,22-20-,23-21+,31-26+,32-27+/t40-,41-,42+,43-,44-/m0/s1. The first-order valence-electron chi connectivity index (χ1n) is 23.3. The first-order chi connectivity index (χ1) is 30.6. The van der Waals surface area contributed by atoms with E-state index in [0.29, 0.717) is 12.8 Å². The van der Waals surface area contributed by atoms with Gasteiger partial charge in [-0.1, -0.05) is 158 Å². The fourth-order valence-electron chi connectivity index (χ4n) is 6.02. The molecule has 0 rings (SSSR count). The van der Waals surface area contributed by atoms with Gasteiger partial charge >= 0.3 is 27.6 Å². The van der Waals surface area contributed by atoms with Gasteiger partial charge in [0.1, 0.15) is 12.7 Å². The summed E-state index contributed by atoms with van der Waals surface area (Å²) in [7, 11) is -9.82. The highest BCUT2D eigenvalue weighted by atomic mass is 31.2. The average Bonchev–Trinajstić information content (AvgIpc) is 3.24. The Balaban J connectivity index is 4.80. The number of phosphoric ester groups is 2. The molecule has 6 atom stereocenters. The lowest BCUT2D eigenvalue weighted by Gasteiger charge is -2.21. The molecule has 0 saturated heterocycles. The predicted molar refractivity (Wildman–Crippen MR) is 248 cm³/mol. The second-order valence-corrected chi connectivity index (χ2v) is 18.6. The number of esters is 2. The van der Waals surface area contributed by atoms with Crippen LogP contribution < -0.4 is 0 Å². The molecule has 18 heteroatoms. The third kappa shape index (κ3) is 42.3. The van der Waals surface area contributed by atoms with E-state index in [9.17, 15) is 44.0 Å². The van der Waals surface area contributed by atoms with Crippen LogP contribution in [0.3, 0.4) is 0 Å². The molecule has 0 fully saturated rings. The number of allylic oxidation sites excluding steroid dienone is 8. The van der Waals surface area contributed by atoms with Crippen LogP contribution in [0.25, 0.3) is 0 Å². The smallest absolute Gasteiger partial charge is 0.462 e. The topological polar surface area (TPSA) is 256 Å². The quantitative estimate of drug-likeness (QED) is 0.00990. The molecule has 0 heterocycles. The van der Waals surface area contributed by atoms with Crippen LogP contribution in [0.2, 0.25) is 0 Å². The van der Waals surface area contributed by atoms with Gasteiger partial charge in [-0.3, -0.25) is 23.2 Å². The zero-order chi connectivity index (χ0) is 47.7. The van der Waals surface area contributed by atoms with Crippen molar-refractivity contribution in [2.75, 3.05) is 26.4 Å². The number of rotatable bonds is 43. The highest BCUT2D eigenvalue weighted by Crippen LogP contribution is 2.43. The van der Waals surface area contributed by atoms with E-state index in [4.69, 9.17) is 23.8 Å². The molecule has 0 aliphatic carbocycles. The lowest BCUT2D eigenvalue weighted by atomic mass is 10.1.